The van der Waals surface area contributed by atoms with Crippen molar-refractivity contribution in [3.8, 4) is 11.1 Å². The summed E-state index contributed by atoms with van der Waals surface area (Å²) in [5.41, 5.74) is 3.84. The molecule has 0 bridgehead atoms. The molecule has 0 spiro atoms. The van der Waals surface area contributed by atoms with Crippen LogP contribution in [0.25, 0.3) is 11.1 Å². The van der Waals surface area contributed by atoms with Crippen LogP contribution in [0.1, 0.15) is 22.8 Å². The highest BCUT2D eigenvalue weighted by Gasteiger charge is 2.26. The van der Waals surface area contributed by atoms with Crippen LogP contribution < -0.4 is 0 Å². The molecular weight excluding hydrogens is 328 g/mol. The molecule has 2 aromatic rings. The molecule has 0 radical (unpaired) electrons. The molecule has 1 heterocycles. The summed E-state index contributed by atoms with van der Waals surface area (Å²) in [6.07, 6.45) is -0.732. The van der Waals surface area contributed by atoms with Crippen molar-refractivity contribution in [1.29, 1.82) is 0 Å². The van der Waals surface area contributed by atoms with Gasteiger partial charge in [0.2, 0.25) is 5.91 Å². The number of aliphatic hydroxyl groups excluding tert-OH is 1. The van der Waals surface area contributed by atoms with E-state index in [0.29, 0.717) is 18.7 Å². The Bertz CT molecular complexity index is 818. The van der Waals surface area contributed by atoms with Crippen molar-refractivity contribution in [2.24, 2.45) is 0 Å². The highest BCUT2D eigenvalue weighted by Crippen LogP contribution is 2.24. The summed E-state index contributed by atoms with van der Waals surface area (Å²) >= 11 is 0. The Morgan fingerprint density at radius 1 is 1.00 bits per heavy atom. The standard InChI is InChI=1S/C21H24N2O3/c1-15-6-3-4-9-20(15)17-7-5-8-18(12-17)21(26)23-11-10-22(16(2)24)13-19(25)14-23/h3-9,12,19,25H,10-11,13-14H2,1-2H3/t19-/m0/s1. The first kappa shape index (κ1) is 18.1. The summed E-state index contributed by atoms with van der Waals surface area (Å²) in [6.45, 7) is 4.89. The van der Waals surface area contributed by atoms with Gasteiger partial charge in [-0.05, 0) is 35.7 Å². The van der Waals surface area contributed by atoms with E-state index in [0.717, 1.165) is 16.7 Å². The first-order chi connectivity index (χ1) is 12.5. The Morgan fingerprint density at radius 3 is 2.42 bits per heavy atom. The molecule has 0 saturated carbocycles. The van der Waals surface area contributed by atoms with Crippen molar-refractivity contribution in [2.45, 2.75) is 20.0 Å². The van der Waals surface area contributed by atoms with Crippen LogP contribution in [0.3, 0.4) is 0 Å². The summed E-state index contributed by atoms with van der Waals surface area (Å²) in [4.78, 5) is 27.8. The van der Waals surface area contributed by atoms with E-state index in [1.807, 2.05) is 49.4 Å². The van der Waals surface area contributed by atoms with Gasteiger partial charge in [0.15, 0.2) is 0 Å². The molecule has 5 heteroatoms. The SMILES string of the molecule is CC(=O)N1CCN(C(=O)c2cccc(-c3ccccc3C)c2)C[C@@H](O)C1. The number of hydrogen-bond acceptors (Lipinski definition) is 3. The van der Waals surface area contributed by atoms with E-state index in [2.05, 4.69) is 0 Å². The number of β-amino-alcohol motifs (C(OH)–C–C–N with tert-alkyl or cyclic N) is 1. The molecule has 136 valence electrons. The molecule has 0 unspecified atom stereocenters. The zero-order chi connectivity index (χ0) is 18.7. The Balaban J connectivity index is 1.83. The van der Waals surface area contributed by atoms with Gasteiger partial charge in [-0.3, -0.25) is 9.59 Å². The number of nitrogens with zero attached hydrogens (tertiary/aromatic N) is 2. The van der Waals surface area contributed by atoms with Crippen LogP contribution >= 0.6 is 0 Å². The number of amides is 2. The van der Waals surface area contributed by atoms with E-state index < -0.39 is 6.10 Å². The molecule has 1 N–H and O–H groups in total. The second-order valence-electron chi connectivity index (χ2n) is 6.77. The summed E-state index contributed by atoms with van der Waals surface area (Å²) < 4.78 is 0. The third kappa shape index (κ3) is 3.94. The van der Waals surface area contributed by atoms with Crippen LogP contribution in [-0.2, 0) is 4.79 Å². The lowest BCUT2D eigenvalue weighted by atomic mass is 9.98. The molecule has 1 aliphatic heterocycles. The first-order valence-corrected chi connectivity index (χ1v) is 8.84. The molecule has 2 aromatic carbocycles. The van der Waals surface area contributed by atoms with Crippen molar-refractivity contribution in [2.75, 3.05) is 26.2 Å². The monoisotopic (exact) mass is 352 g/mol. The van der Waals surface area contributed by atoms with Gasteiger partial charge in [-0.1, -0.05) is 36.4 Å². The lowest BCUT2D eigenvalue weighted by molar-refractivity contribution is -0.129. The third-order valence-electron chi connectivity index (χ3n) is 4.80. The fourth-order valence-electron chi connectivity index (χ4n) is 3.36. The number of hydrogen-bond donors (Lipinski definition) is 1. The summed E-state index contributed by atoms with van der Waals surface area (Å²) in [5.74, 6) is -0.204. The molecular formula is C21H24N2O3. The fraction of sp³-hybridized carbons (Fsp3) is 0.333. The largest absolute Gasteiger partial charge is 0.389 e. The fourth-order valence-corrected chi connectivity index (χ4v) is 3.36. The number of benzene rings is 2. The third-order valence-corrected chi connectivity index (χ3v) is 4.80. The van der Waals surface area contributed by atoms with E-state index >= 15 is 0 Å². The van der Waals surface area contributed by atoms with Gasteiger partial charge in [-0.15, -0.1) is 0 Å². The Kier molecular flexibility index (Phi) is 5.38. The van der Waals surface area contributed by atoms with Crippen molar-refractivity contribution in [3.05, 3.63) is 59.7 Å². The molecule has 1 atom stereocenters. The summed E-state index contributed by atoms with van der Waals surface area (Å²) in [6, 6.07) is 15.6. The van der Waals surface area contributed by atoms with Gasteiger partial charge in [-0.25, -0.2) is 0 Å². The van der Waals surface area contributed by atoms with Crippen LogP contribution in [0.15, 0.2) is 48.5 Å². The number of aliphatic hydroxyl groups is 1. The maximum atomic E-state index is 13.0. The molecule has 3 rings (SSSR count). The average molecular weight is 352 g/mol. The van der Waals surface area contributed by atoms with E-state index in [1.165, 1.54) is 6.92 Å². The van der Waals surface area contributed by atoms with Crippen LogP contribution in [0.5, 0.6) is 0 Å². The van der Waals surface area contributed by atoms with Crippen molar-refractivity contribution < 1.29 is 14.7 Å². The predicted molar refractivity (Wildman–Crippen MR) is 101 cm³/mol. The Morgan fingerprint density at radius 2 is 1.69 bits per heavy atom. The van der Waals surface area contributed by atoms with Gasteiger partial charge in [0.05, 0.1) is 6.10 Å². The maximum Gasteiger partial charge on any atom is 0.254 e. The molecule has 2 amide bonds. The molecule has 1 fully saturated rings. The lowest BCUT2D eigenvalue weighted by Gasteiger charge is -2.22. The normalized spacial score (nSPS) is 17.7. The molecule has 5 nitrogen and oxygen atoms in total. The lowest BCUT2D eigenvalue weighted by Crippen LogP contribution is -2.37. The van der Waals surface area contributed by atoms with Crippen LogP contribution in [-0.4, -0.2) is 59.0 Å². The van der Waals surface area contributed by atoms with Gasteiger partial charge in [0.25, 0.3) is 5.91 Å². The van der Waals surface area contributed by atoms with Crippen molar-refractivity contribution in [1.82, 2.24) is 9.80 Å². The predicted octanol–water partition coefficient (Wildman–Crippen LogP) is 2.33. The Labute approximate surface area is 153 Å². The summed E-state index contributed by atoms with van der Waals surface area (Å²) in [7, 11) is 0. The molecule has 26 heavy (non-hydrogen) atoms. The first-order valence-electron chi connectivity index (χ1n) is 8.84. The minimum Gasteiger partial charge on any atom is -0.389 e. The Hall–Kier alpha value is -2.66. The van der Waals surface area contributed by atoms with Crippen LogP contribution in [0, 0.1) is 6.92 Å². The topological polar surface area (TPSA) is 60.9 Å². The number of rotatable bonds is 2. The van der Waals surface area contributed by atoms with Crippen molar-refractivity contribution >= 4 is 11.8 Å². The number of carbonyl (C=O) groups excluding carboxylic acids is 2. The smallest absolute Gasteiger partial charge is 0.254 e. The van der Waals surface area contributed by atoms with Gasteiger partial charge >= 0.3 is 0 Å². The van der Waals surface area contributed by atoms with Crippen molar-refractivity contribution in [3.63, 3.8) is 0 Å². The maximum absolute atomic E-state index is 13.0. The van der Waals surface area contributed by atoms with E-state index in [9.17, 15) is 14.7 Å². The van der Waals surface area contributed by atoms with Gasteiger partial charge in [0.1, 0.15) is 0 Å². The molecule has 1 aliphatic rings. The minimum atomic E-state index is -0.732. The zero-order valence-electron chi connectivity index (χ0n) is 15.2. The summed E-state index contributed by atoms with van der Waals surface area (Å²) in [5, 5.41) is 10.2. The van der Waals surface area contributed by atoms with E-state index in [4.69, 9.17) is 0 Å². The van der Waals surface area contributed by atoms with E-state index in [-0.39, 0.29) is 24.9 Å². The molecule has 0 aliphatic carbocycles. The van der Waals surface area contributed by atoms with E-state index in [1.54, 1.807) is 15.9 Å². The van der Waals surface area contributed by atoms with Gasteiger partial charge < -0.3 is 14.9 Å². The van der Waals surface area contributed by atoms with Crippen LogP contribution in [0.2, 0.25) is 0 Å². The molecule has 0 aromatic heterocycles. The zero-order valence-corrected chi connectivity index (χ0v) is 15.2. The van der Waals surface area contributed by atoms with Gasteiger partial charge in [-0.2, -0.15) is 0 Å². The van der Waals surface area contributed by atoms with Gasteiger partial charge in [0, 0.05) is 38.7 Å². The molecule has 1 saturated heterocycles. The number of carbonyl (C=O) groups is 2. The second kappa shape index (κ2) is 7.70. The minimum absolute atomic E-state index is 0.0834. The number of aryl methyl sites for hydroxylation is 1. The van der Waals surface area contributed by atoms with Crippen LogP contribution in [0.4, 0.5) is 0 Å². The highest BCUT2D eigenvalue weighted by molar-refractivity contribution is 5.95. The second-order valence-corrected chi connectivity index (χ2v) is 6.77. The quantitative estimate of drug-likeness (QED) is 0.902. The highest BCUT2D eigenvalue weighted by atomic mass is 16.3. The average Bonchev–Trinajstić information content (AvgIpc) is 2.83.